The molecule has 0 aromatic heterocycles. The van der Waals surface area contributed by atoms with Gasteiger partial charge in [-0.1, -0.05) is 152 Å². The summed E-state index contributed by atoms with van der Waals surface area (Å²) in [4.78, 5) is 0. The third-order valence-corrected chi connectivity index (χ3v) is 4.29. The molecule has 0 atom stereocenters. The molecule has 0 bridgehead atoms. The van der Waals surface area contributed by atoms with Crippen molar-refractivity contribution in [3.05, 3.63) is 108 Å². The van der Waals surface area contributed by atoms with E-state index in [9.17, 15) is 0 Å². The van der Waals surface area contributed by atoms with Crippen LogP contribution in [0.25, 0.3) is 0 Å². The minimum Gasteiger partial charge on any atom is -0.0683 e. The van der Waals surface area contributed by atoms with Crippen LogP contribution in [0.15, 0.2) is 91.0 Å². The quantitative estimate of drug-likeness (QED) is 0.372. The van der Waals surface area contributed by atoms with Crippen molar-refractivity contribution in [2.75, 3.05) is 0 Å². The van der Waals surface area contributed by atoms with E-state index in [2.05, 4.69) is 106 Å². The predicted molar refractivity (Wildman–Crippen MR) is 144 cm³/mol. The molecule has 0 aliphatic carbocycles. The molecule has 0 radical (unpaired) electrons. The summed E-state index contributed by atoms with van der Waals surface area (Å²) in [6.45, 7) is 14.6. The first kappa shape index (κ1) is 30.9. The lowest BCUT2D eigenvalue weighted by Gasteiger charge is -1.96. The Labute approximate surface area is 194 Å². The predicted octanol–water partition coefficient (Wildman–Crippen LogP) is 9.97. The third kappa shape index (κ3) is 19.4. The van der Waals surface area contributed by atoms with Gasteiger partial charge in [-0.25, -0.2) is 0 Å². The maximum atomic E-state index is 2.23. The van der Waals surface area contributed by atoms with Crippen LogP contribution in [-0.4, -0.2) is 0 Å². The van der Waals surface area contributed by atoms with Crippen LogP contribution in [0.3, 0.4) is 0 Å². The fourth-order valence-electron chi connectivity index (χ4n) is 2.67. The highest BCUT2D eigenvalue weighted by atomic mass is 13.9. The second kappa shape index (κ2) is 25.7. The van der Waals surface area contributed by atoms with Gasteiger partial charge in [0.05, 0.1) is 0 Å². The van der Waals surface area contributed by atoms with E-state index < -0.39 is 0 Å². The van der Waals surface area contributed by atoms with Gasteiger partial charge in [0.15, 0.2) is 0 Å². The lowest BCUT2D eigenvalue weighted by molar-refractivity contribution is 0.795. The van der Waals surface area contributed by atoms with Crippen molar-refractivity contribution in [3.63, 3.8) is 0 Å². The Balaban J connectivity index is 0. The number of aryl methyl sites for hydroxylation is 3. The lowest BCUT2D eigenvalue weighted by atomic mass is 10.1. The van der Waals surface area contributed by atoms with E-state index in [0.29, 0.717) is 0 Å². The fourth-order valence-corrected chi connectivity index (χ4v) is 2.67. The van der Waals surface area contributed by atoms with Crippen LogP contribution in [0.4, 0.5) is 0 Å². The molecule has 0 heterocycles. The van der Waals surface area contributed by atoms with Crippen molar-refractivity contribution in [3.8, 4) is 0 Å². The van der Waals surface area contributed by atoms with E-state index in [1.54, 1.807) is 0 Å². The molecule has 0 nitrogen and oxygen atoms in total. The van der Waals surface area contributed by atoms with Gasteiger partial charge < -0.3 is 0 Å². The summed E-state index contributed by atoms with van der Waals surface area (Å²) in [6, 6.07) is 31.7. The van der Waals surface area contributed by atoms with Crippen molar-refractivity contribution >= 4 is 0 Å². The van der Waals surface area contributed by atoms with Crippen LogP contribution in [0.5, 0.6) is 0 Å². The smallest absolute Gasteiger partial charge is 0.0279 e. The van der Waals surface area contributed by atoms with Gasteiger partial charge in [-0.15, -0.1) is 0 Å². The molecule has 0 amide bonds. The summed E-state index contributed by atoms with van der Waals surface area (Å²) in [5.41, 5.74) is 4.32. The van der Waals surface area contributed by atoms with E-state index in [0.717, 1.165) is 6.42 Å². The molecule has 0 spiro atoms. The van der Waals surface area contributed by atoms with Crippen LogP contribution in [0, 0.1) is 0 Å². The zero-order valence-corrected chi connectivity index (χ0v) is 21.4. The van der Waals surface area contributed by atoms with Crippen LogP contribution < -0.4 is 0 Å². The molecule has 3 aromatic carbocycles. The minimum atomic E-state index is 1.14. The van der Waals surface area contributed by atoms with E-state index in [-0.39, 0.29) is 0 Å². The Bertz CT molecular complexity index is 656. The monoisotopic (exact) mass is 420 g/mol. The molecule has 0 heteroatoms. The summed E-state index contributed by atoms with van der Waals surface area (Å²) >= 11 is 0. The van der Waals surface area contributed by atoms with E-state index in [4.69, 9.17) is 0 Å². The molecule has 3 rings (SSSR count). The van der Waals surface area contributed by atoms with Gasteiger partial charge in [0, 0.05) is 0 Å². The molecule has 0 saturated carbocycles. The molecule has 0 aliphatic rings. The molecule has 0 fully saturated rings. The summed E-state index contributed by atoms with van der Waals surface area (Å²) < 4.78 is 0. The Morgan fingerprint density at radius 1 is 0.419 bits per heavy atom. The maximum Gasteiger partial charge on any atom is -0.0279 e. The molecule has 3 aromatic rings. The first-order valence-electron chi connectivity index (χ1n) is 12.4. The highest BCUT2D eigenvalue weighted by Crippen LogP contribution is 2.03. The van der Waals surface area contributed by atoms with Crippen LogP contribution in [0.1, 0.15) is 84.4 Å². The lowest BCUT2D eigenvalue weighted by Crippen LogP contribution is -1.81. The Hall–Kier alpha value is -2.34. The molecule has 31 heavy (non-hydrogen) atoms. The largest absolute Gasteiger partial charge is 0.0683 e. The summed E-state index contributed by atoms with van der Waals surface area (Å²) in [7, 11) is 0. The molecule has 172 valence electrons. The van der Waals surface area contributed by atoms with Gasteiger partial charge >= 0.3 is 0 Å². The average Bonchev–Trinajstić information content (AvgIpc) is 2.88. The molecule has 0 N–H and O–H groups in total. The summed E-state index contributed by atoms with van der Waals surface area (Å²) in [5.74, 6) is 0. The molecule has 0 unspecified atom stereocenters. The second-order valence-electron chi connectivity index (χ2n) is 6.66. The van der Waals surface area contributed by atoms with Gasteiger partial charge in [0.2, 0.25) is 0 Å². The van der Waals surface area contributed by atoms with E-state index in [1.807, 2.05) is 33.8 Å². The fraction of sp³-hybridized carbons (Fsp3) is 0.419. The average molecular weight is 421 g/mol. The van der Waals surface area contributed by atoms with E-state index >= 15 is 0 Å². The topological polar surface area (TPSA) is 0 Å². The van der Waals surface area contributed by atoms with Crippen molar-refractivity contribution in [1.82, 2.24) is 0 Å². The highest BCUT2D eigenvalue weighted by molar-refractivity contribution is 5.15. The normalized spacial score (nSPS) is 8.61. The van der Waals surface area contributed by atoms with Crippen molar-refractivity contribution < 1.29 is 0 Å². The van der Waals surface area contributed by atoms with Crippen LogP contribution in [0.2, 0.25) is 0 Å². The molecule has 0 aliphatic heterocycles. The number of hydrogen-bond acceptors (Lipinski definition) is 0. The van der Waals surface area contributed by atoms with Gasteiger partial charge in [-0.05, 0) is 42.4 Å². The Kier molecular flexibility index (Phi) is 25.6. The number of benzene rings is 3. The third-order valence-electron chi connectivity index (χ3n) is 4.29. The molecular formula is C31H48. The maximum absolute atomic E-state index is 2.23. The number of hydrogen-bond donors (Lipinski definition) is 0. The first-order chi connectivity index (χ1) is 15.3. The number of rotatable bonds is 6. The van der Waals surface area contributed by atoms with Crippen LogP contribution in [-0.2, 0) is 19.3 Å². The van der Waals surface area contributed by atoms with Gasteiger partial charge in [-0.3, -0.25) is 0 Å². The highest BCUT2D eigenvalue weighted by Gasteiger charge is 1.87. The Morgan fingerprint density at radius 3 is 1.06 bits per heavy atom. The second-order valence-corrected chi connectivity index (χ2v) is 6.66. The van der Waals surface area contributed by atoms with Gasteiger partial charge in [0.25, 0.3) is 0 Å². The zero-order chi connectivity index (χ0) is 23.6. The van der Waals surface area contributed by atoms with Crippen LogP contribution >= 0.6 is 0 Å². The van der Waals surface area contributed by atoms with E-state index in [1.165, 1.54) is 48.8 Å². The summed E-state index contributed by atoms with van der Waals surface area (Å²) in [6.07, 6.45) is 7.42. The number of unbranched alkanes of at least 4 members (excludes halogenated alkanes) is 1. The molecular weight excluding hydrogens is 372 g/mol. The van der Waals surface area contributed by atoms with Crippen molar-refractivity contribution in [2.45, 2.75) is 87.0 Å². The Morgan fingerprint density at radius 2 is 0.774 bits per heavy atom. The molecule has 0 saturated heterocycles. The van der Waals surface area contributed by atoms with Gasteiger partial charge in [0.1, 0.15) is 0 Å². The van der Waals surface area contributed by atoms with Crippen molar-refractivity contribution in [2.24, 2.45) is 0 Å². The first-order valence-corrected chi connectivity index (χ1v) is 12.4. The standard InChI is InChI=1S/C10H14.C9H12.C8H10.2C2H6/c1-2-3-7-10-8-5-4-6-9-10;1-2-6-9-7-4-3-5-8-9;1-2-8-6-4-3-5-7-8;2*1-2/h4-6,8-9H,2-3,7H2,1H3;3-5,7-8H,2,6H2,1H3;3-7H,2H2,1H3;2*1-2H3. The minimum absolute atomic E-state index is 1.14. The zero-order valence-electron chi connectivity index (χ0n) is 21.4. The summed E-state index contributed by atoms with van der Waals surface area (Å²) in [5, 5.41) is 0. The van der Waals surface area contributed by atoms with Gasteiger partial charge in [-0.2, -0.15) is 0 Å². The van der Waals surface area contributed by atoms with Crippen molar-refractivity contribution in [1.29, 1.82) is 0 Å². The SMILES string of the molecule is CC.CC.CCCCc1ccccc1.CCCc1ccccc1.CCc1ccccc1.